The maximum absolute atomic E-state index is 14.9. The molecule has 0 saturated carbocycles. The molecule has 0 radical (unpaired) electrons. The van der Waals surface area contributed by atoms with Crippen LogP contribution in [0, 0.1) is 0 Å². The van der Waals surface area contributed by atoms with E-state index in [-0.39, 0.29) is 16.8 Å². The Morgan fingerprint density at radius 1 is 1.17 bits per heavy atom. The molecule has 1 aromatic heterocycles. The van der Waals surface area contributed by atoms with Gasteiger partial charge >= 0.3 is 5.97 Å². The lowest BCUT2D eigenvalue weighted by Gasteiger charge is -2.22. The smallest absolute Gasteiger partial charge is 0.337 e. The highest BCUT2D eigenvalue weighted by molar-refractivity contribution is 7.90. The first-order valence-electron chi connectivity index (χ1n) is 8.71. The van der Waals surface area contributed by atoms with Gasteiger partial charge in [0.25, 0.3) is 5.91 Å². The number of anilines is 1. The number of sulfonamides is 1. The molecule has 2 rings (SSSR count). The van der Waals surface area contributed by atoms with Crippen molar-refractivity contribution in [3.05, 3.63) is 59.4 Å². The lowest BCUT2D eigenvalue weighted by atomic mass is 9.98. The highest BCUT2D eigenvalue weighted by Gasteiger charge is 2.29. The highest BCUT2D eigenvalue weighted by Crippen LogP contribution is 2.26. The van der Waals surface area contributed by atoms with E-state index < -0.39 is 39.4 Å². The second-order valence-corrected chi connectivity index (χ2v) is 9.20. The maximum atomic E-state index is 14.9. The van der Waals surface area contributed by atoms with Gasteiger partial charge in [-0.3, -0.25) is 9.78 Å². The minimum Gasteiger partial charge on any atom is -0.478 e. The summed E-state index contributed by atoms with van der Waals surface area (Å²) in [6.07, 6.45) is 1.08. The summed E-state index contributed by atoms with van der Waals surface area (Å²) in [5.74, 6) is -1.70. The van der Waals surface area contributed by atoms with Gasteiger partial charge in [-0.2, -0.15) is 0 Å². The number of rotatable bonds is 8. The molecule has 0 aliphatic carbocycles. The number of aromatic nitrogens is 1. The molecule has 8 nitrogen and oxygen atoms in total. The molecule has 1 heterocycles. The van der Waals surface area contributed by atoms with Gasteiger partial charge in [0.15, 0.2) is 0 Å². The normalized spacial score (nSPS) is 13.7. The molecule has 0 fully saturated rings. The van der Waals surface area contributed by atoms with Crippen molar-refractivity contribution in [2.75, 3.05) is 11.9 Å². The first-order valence-corrected chi connectivity index (χ1v) is 10.3. The van der Waals surface area contributed by atoms with E-state index in [0.29, 0.717) is 5.69 Å². The summed E-state index contributed by atoms with van der Waals surface area (Å²) in [4.78, 5) is 26.8. The number of amides is 1. The fraction of sp³-hybridized carbons (Fsp3) is 0.316. The summed E-state index contributed by atoms with van der Waals surface area (Å²) in [7, 11) is -3.59. The van der Waals surface area contributed by atoms with Gasteiger partial charge in [-0.05, 0) is 50.6 Å². The number of carboxylic acid groups (broad SMARTS) is 1. The Kier molecular flexibility index (Phi) is 6.70. The third-order valence-electron chi connectivity index (χ3n) is 4.21. The van der Waals surface area contributed by atoms with Crippen LogP contribution in [0.5, 0.6) is 0 Å². The van der Waals surface area contributed by atoms with Crippen LogP contribution in [0.2, 0.25) is 0 Å². The van der Waals surface area contributed by atoms with Gasteiger partial charge in [0.1, 0.15) is 11.4 Å². The first-order chi connectivity index (χ1) is 13.4. The van der Waals surface area contributed by atoms with Crippen molar-refractivity contribution in [1.29, 1.82) is 0 Å². The van der Waals surface area contributed by atoms with Crippen LogP contribution in [0.25, 0.3) is 0 Å². The van der Waals surface area contributed by atoms with Crippen LogP contribution in [0.1, 0.15) is 47.2 Å². The number of nitrogens with one attached hydrogen (secondary N) is 2. The number of halogens is 1. The molecular formula is C19H22FN3O5S. The second kappa shape index (κ2) is 8.66. The van der Waals surface area contributed by atoms with E-state index in [9.17, 15) is 22.4 Å². The molecule has 2 aromatic rings. The van der Waals surface area contributed by atoms with E-state index in [1.165, 1.54) is 57.2 Å². The third kappa shape index (κ3) is 5.81. The SMILES string of the molecule is CC(C)S(=O)(=O)NCC(C)(F)c1ccc(NC(=O)c2ccc(C(=O)O)cn2)cc1. The molecule has 1 amide bonds. The van der Waals surface area contributed by atoms with Gasteiger partial charge in [0, 0.05) is 18.4 Å². The topological polar surface area (TPSA) is 125 Å². The van der Waals surface area contributed by atoms with Gasteiger partial charge in [-0.25, -0.2) is 22.3 Å². The molecule has 10 heteroatoms. The summed E-state index contributed by atoms with van der Waals surface area (Å²) < 4.78 is 40.8. The molecule has 0 aliphatic heterocycles. The summed E-state index contributed by atoms with van der Waals surface area (Å²) in [6, 6.07) is 8.40. The van der Waals surface area contributed by atoms with E-state index >= 15 is 0 Å². The van der Waals surface area contributed by atoms with Crippen molar-refractivity contribution in [2.24, 2.45) is 0 Å². The molecule has 1 atom stereocenters. The third-order valence-corrected chi connectivity index (χ3v) is 6.00. The van der Waals surface area contributed by atoms with Crippen molar-refractivity contribution in [2.45, 2.75) is 31.7 Å². The monoisotopic (exact) mass is 423 g/mol. The lowest BCUT2D eigenvalue weighted by molar-refractivity contribution is 0.0695. The predicted octanol–water partition coefficient (Wildman–Crippen LogP) is 2.54. The van der Waals surface area contributed by atoms with Crippen molar-refractivity contribution >= 4 is 27.6 Å². The van der Waals surface area contributed by atoms with Gasteiger partial charge in [0.05, 0.1) is 10.8 Å². The standard InChI is InChI=1S/C19H22FN3O5S/c1-12(2)29(27,28)22-11-19(3,20)14-5-7-15(8-6-14)23-17(24)16-9-4-13(10-21-16)18(25)26/h4-10,12,22H,11H2,1-3H3,(H,23,24)(H,25,26). The van der Waals surface area contributed by atoms with E-state index in [4.69, 9.17) is 5.11 Å². The van der Waals surface area contributed by atoms with Crippen molar-refractivity contribution < 1.29 is 27.5 Å². The summed E-state index contributed by atoms with van der Waals surface area (Å²) in [5, 5.41) is 10.7. The number of hydrogen-bond acceptors (Lipinski definition) is 5. The highest BCUT2D eigenvalue weighted by atomic mass is 32.2. The summed E-state index contributed by atoms with van der Waals surface area (Å²) >= 11 is 0. The maximum Gasteiger partial charge on any atom is 0.337 e. The molecule has 0 spiro atoms. The Bertz CT molecular complexity index is 988. The van der Waals surface area contributed by atoms with Crippen molar-refractivity contribution in [1.82, 2.24) is 9.71 Å². The number of carbonyl (C=O) groups excluding carboxylic acids is 1. The minimum atomic E-state index is -3.59. The Hall–Kier alpha value is -2.85. The number of aromatic carboxylic acids is 1. The second-order valence-electron chi connectivity index (χ2n) is 6.88. The van der Waals surface area contributed by atoms with Crippen molar-refractivity contribution in [3.63, 3.8) is 0 Å². The quantitative estimate of drug-likeness (QED) is 0.599. The molecule has 0 saturated heterocycles. The molecule has 1 aromatic carbocycles. The van der Waals surface area contributed by atoms with Gasteiger partial charge < -0.3 is 10.4 Å². The number of nitrogens with zero attached hydrogens (tertiary/aromatic N) is 1. The van der Waals surface area contributed by atoms with Crippen LogP contribution < -0.4 is 10.0 Å². The molecule has 3 N–H and O–H groups in total. The van der Waals surface area contributed by atoms with Crippen LogP contribution in [-0.2, 0) is 15.7 Å². The fourth-order valence-corrected chi connectivity index (χ4v) is 3.06. The van der Waals surface area contributed by atoms with E-state index in [1.54, 1.807) is 0 Å². The molecule has 0 bridgehead atoms. The van der Waals surface area contributed by atoms with E-state index in [2.05, 4.69) is 15.0 Å². The summed E-state index contributed by atoms with van der Waals surface area (Å²) in [5.41, 5.74) is -1.34. The summed E-state index contributed by atoms with van der Waals surface area (Å²) in [6.45, 7) is 3.84. The average Bonchev–Trinajstić information content (AvgIpc) is 2.67. The predicted molar refractivity (Wildman–Crippen MR) is 106 cm³/mol. The zero-order valence-electron chi connectivity index (χ0n) is 16.1. The number of benzene rings is 1. The Labute approximate surface area is 168 Å². The van der Waals surface area contributed by atoms with E-state index in [0.717, 1.165) is 6.20 Å². The number of carboxylic acids is 1. The minimum absolute atomic E-state index is 0.0255. The zero-order valence-corrected chi connectivity index (χ0v) is 17.0. The lowest BCUT2D eigenvalue weighted by Crippen LogP contribution is -2.39. The average molecular weight is 423 g/mol. The number of carbonyl (C=O) groups is 2. The van der Waals surface area contributed by atoms with Crippen molar-refractivity contribution in [3.8, 4) is 0 Å². The van der Waals surface area contributed by atoms with Crippen LogP contribution in [0.4, 0.5) is 10.1 Å². The largest absolute Gasteiger partial charge is 0.478 e. The molecule has 0 aliphatic rings. The molecule has 29 heavy (non-hydrogen) atoms. The number of alkyl halides is 1. The van der Waals surface area contributed by atoms with Crippen LogP contribution in [0.15, 0.2) is 42.6 Å². The molecular weight excluding hydrogens is 401 g/mol. The van der Waals surface area contributed by atoms with Gasteiger partial charge in [-0.15, -0.1) is 0 Å². The molecule has 156 valence electrons. The van der Waals surface area contributed by atoms with Crippen LogP contribution in [-0.4, -0.2) is 42.2 Å². The van der Waals surface area contributed by atoms with E-state index in [1.807, 2.05) is 0 Å². The Morgan fingerprint density at radius 2 is 1.79 bits per heavy atom. The van der Waals surface area contributed by atoms with Gasteiger partial charge in [0.2, 0.25) is 10.0 Å². The number of hydrogen-bond donors (Lipinski definition) is 3. The van der Waals surface area contributed by atoms with Gasteiger partial charge in [-0.1, -0.05) is 12.1 Å². The van der Waals surface area contributed by atoms with Crippen LogP contribution in [0.3, 0.4) is 0 Å². The van der Waals surface area contributed by atoms with Crippen LogP contribution >= 0.6 is 0 Å². The fourth-order valence-electron chi connectivity index (χ4n) is 2.26. The Balaban J connectivity index is 2.05. The first kappa shape index (κ1) is 22.4. The molecule has 1 unspecified atom stereocenters. The zero-order chi connectivity index (χ0) is 21.8. The number of pyridine rings is 1. The Morgan fingerprint density at radius 3 is 2.28 bits per heavy atom.